The van der Waals surface area contributed by atoms with Gasteiger partial charge >= 0.3 is 0 Å². The summed E-state index contributed by atoms with van der Waals surface area (Å²) in [6.45, 7) is 5.02. The number of hydrogen-bond donors (Lipinski definition) is 2. The molecule has 0 heterocycles. The lowest BCUT2D eigenvalue weighted by Gasteiger charge is -2.16. The highest BCUT2D eigenvalue weighted by atomic mass is 16.1. The Morgan fingerprint density at radius 1 is 1.40 bits per heavy atom. The smallest absolute Gasteiger partial charge is 0.239 e. The van der Waals surface area contributed by atoms with Gasteiger partial charge in [0.1, 0.15) is 6.04 Å². The maximum atomic E-state index is 11.5. The van der Waals surface area contributed by atoms with Crippen molar-refractivity contribution in [3.05, 3.63) is 45.8 Å². The molecule has 20 heavy (non-hydrogen) atoms. The van der Waals surface area contributed by atoms with E-state index in [9.17, 15) is 4.79 Å². The zero-order chi connectivity index (χ0) is 15.0. The fourth-order valence-corrected chi connectivity index (χ4v) is 2.00. The molecule has 0 aliphatic heterocycles. The lowest BCUT2D eigenvalue weighted by molar-refractivity contribution is -0.120. The number of amides is 1. The third kappa shape index (κ3) is 5.30. The summed E-state index contributed by atoms with van der Waals surface area (Å²) in [4.78, 5) is 14.1. The van der Waals surface area contributed by atoms with Gasteiger partial charge in [0.25, 0.3) is 0 Å². The third-order valence-electron chi connectivity index (χ3n) is 2.87. The number of hydrogen-bond acceptors (Lipinski definition) is 3. The predicted octanol–water partition coefficient (Wildman–Crippen LogP) is 2.31. The molecule has 0 aromatic heterocycles. The Bertz CT molecular complexity index is 477. The van der Waals surface area contributed by atoms with Crippen molar-refractivity contribution in [2.45, 2.75) is 26.3 Å². The van der Waals surface area contributed by atoms with Crippen LogP contribution in [0.1, 0.15) is 31.0 Å². The molecule has 0 aliphatic rings. The average Bonchev–Trinajstić information content (AvgIpc) is 2.39. The van der Waals surface area contributed by atoms with Crippen LogP contribution in [0.2, 0.25) is 0 Å². The van der Waals surface area contributed by atoms with E-state index < -0.39 is 11.9 Å². The van der Waals surface area contributed by atoms with Crippen molar-refractivity contribution in [2.75, 3.05) is 13.1 Å². The van der Waals surface area contributed by atoms with Crippen LogP contribution < -0.4 is 11.1 Å². The first-order valence-corrected chi connectivity index (χ1v) is 6.67. The highest BCUT2D eigenvalue weighted by molar-refractivity contribution is 5.81. The van der Waals surface area contributed by atoms with Gasteiger partial charge in [-0.3, -0.25) is 4.79 Å². The lowest BCUT2D eigenvalue weighted by atomic mass is 9.99. The minimum Gasteiger partial charge on any atom is -0.368 e. The summed E-state index contributed by atoms with van der Waals surface area (Å²) in [6, 6.07) is 7.29. The topological polar surface area (TPSA) is 104 Å². The highest BCUT2D eigenvalue weighted by Crippen LogP contribution is 2.15. The van der Waals surface area contributed by atoms with Crippen LogP contribution in [0, 0.1) is 5.92 Å². The Morgan fingerprint density at radius 3 is 2.55 bits per heavy atom. The number of nitrogens with one attached hydrogen (secondary N) is 1. The van der Waals surface area contributed by atoms with E-state index in [-0.39, 0.29) is 6.54 Å². The Balaban J connectivity index is 2.71. The van der Waals surface area contributed by atoms with E-state index in [0.29, 0.717) is 12.5 Å². The quantitative estimate of drug-likeness (QED) is 0.329. The first-order valence-electron chi connectivity index (χ1n) is 6.67. The first-order chi connectivity index (χ1) is 9.54. The number of benzene rings is 1. The van der Waals surface area contributed by atoms with E-state index in [2.05, 4.69) is 29.2 Å². The zero-order valence-corrected chi connectivity index (χ0v) is 11.9. The molecule has 0 spiro atoms. The summed E-state index contributed by atoms with van der Waals surface area (Å²) in [6.07, 6.45) is 1.01. The largest absolute Gasteiger partial charge is 0.368 e. The fraction of sp³-hybridized carbons (Fsp3) is 0.500. The Labute approximate surface area is 119 Å². The summed E-state index contributed by atoms with van der Waals surface area (Å²) in [7, 11) is 0. The average molecular weight is 275 g/mol. The van der Waals surface area contributed by atoms with Gasteiger partial charge < -0.3 is 11.1 Å². The molecule has 0 saturated heterocycles. The van der Waals surface area contributed by atoms with E-state index in [1.165, 1.54) is 5.56 Å². The van der Waals surface area contributed by atoms with E-state index >= 15 is 0 Å². The molecule has 0 aliphatic carbocycles. The molecule has 1 unspecified atom stereocenters. The maximum Gasteiger partial charge on any atom is 0.239 e. The molecule has 0 fully saturated rings. The molecule has 6 nitrogen and oxygen atoms in total. The highest BCUT2D eigenvalue weighted by Gasteiger charge is 2.16. The van der Waals surface area contributed by atoms with Crippen LogP contribution >= 0.6 is 0 Å². The van der Waals surface area contributed by atoms with Crippen LogP contribution in [0.4, 0.5) is 0 Å². The second-order valence-electron chi connectivity index (χ2n) is 5.08. The van der Waals surface area contributed by atoms with Crippen LogP contribution in [-0.4, -0.2) is 19.0 Å². The predicted molar refractivity (Wildman–Crippen MR) is 78.9 cm³/mol. The molecule has 0 radical (unpaired) electrons. The van der Waals surface area contributed by atoms with Gasteiger partial charge in [-0.1, -0.05) is 43.2 Å². The van der Waals surface area contributed by atoms with Crippen LogP contribution in [-0.2, 0) is 11.2 Å². The van der Waals surface area contributed by atoms with Crippen LogP contribution in [0.5, 0.6) is 0 Å². The molecule has 1 atom stereocenters. The van der Waals surface area contributed by atoms with Crippen molar-refractivity contribution in [3.8, 4) is 0 Å². The van der Waals surface area contributed by atoms with Gasteiger partial charge in [-0.2, -0.15) is 0 Å². The number of carbonyl (C=O) groups is 1. The van der Waals surface area contributed by atoms with Gasteiger partial charge in [0.15, 0.2) is 0 Å². The van der Waals surface area contributed by atoms with Crippen molar-refractivity contribution >= 4 is 5.91 Å². The van der Waals surface area contributed by atoms with E-state index in [1.54, 1.807) is 0 Å². The molecule has 6 heteroatoms. The number of nitrogens with two attached hydrogens (primary N) is 1. The second-order valence-corrected chi connectivity index (χ2v) is 5.08. The van der Waals surface area contributed by atoms with Crippen molar-refractivity contribution in [3.63, 3.8) is 0 Å². The van der Waals surface area contributed by atoms with E-state index in [1.807, 2.05) is 24.3 Å². The number of carbonyl (C=O) groups excluding carboxylic acids is 1. The van der Waals surface area contributed by atoms with Gasteiger partial charge in [0.2, 0.25) is 5.91 Å². The molecular formula is C14H21N5O. The van der Waals surface area contributed by atoms with Crippen molar-refractivity contribution in [1.29, 1.82) is 0 Å². The number of azide groups is 1. The van der Waals surface area contributed by atoms with E-state index in [4.69, 9.17) is 11.3 Å². The minimum absolute atomic E-state index is 0.283. The normalized spacial score (nSPS) is 11.9. The second kappa shape index (κ2) is 8.19. The van der Waals surface area contributed by atoms with Crippen molar-refractivity contribution < 1.29 is 4.79 Å². The van der Waals surface area contributed by atoms with Gasteiger partial charge in [-0.25, -0.2) is 0 Å². The summed E-state index contributed by atoms with van der Waals surface area (Å²) in [5.41, 5.74) is 15.7. The summed E-state index contributed by atoms with van der Waals surface area (Å²) < 4.78 is 0. The molecule has 1 rings (SSSR count). The number of primary amides is 1. The monoisotopic (exact) mass is 275 g/mol. The SMILES string of the molecule is CC(C)Cc1ccc(C(NCCN=[N+]=[N-])C(N)=O)cc1. The molecule has 108 valence electrons. The zero-order valence-electron chi connectivity index (χ0n) is 11.9. The molecule has 1 aromatic carbocycles. The number of rotatable bonds is 8. The standard InChI is InChI=1S/C14H21N5O/c1-10(2)9-11-3-5-12(6-4-11)13(14(15)20)17-7-8-18-19-16/h3-6,10,13,17H,7-9H2,1-2H3,(H2,15,20). The van der Waals surface area contributed by atoms with Crippen LogP contribution in [0.25, 0.3) is 10.4 Å². The molecule has 0 saturated carbocycles. The van der Waals surface area contributed by atoms with Gasteiger partial charge in [-0.15, -0.1) is 0 Å². The molecule has 1 amide bonds. The summed E-state index contributed by atoms with van der Waals surface area (Å²) in [5.74, 6) is 0.150. The van der Waals surface area contributed by atoms with E-state index in [0.717, 1.165) is 12.0 Å². The van der Waals surface area contributed by atoms with Crippen LogP contribution in [0.15, 0.2) is 29.4 Å². The van der Waals surface area contributed by atoms with Gasteiger partial charge in [-0.05, 0) is 29.0 Å². The molecular weight excluding hydrogens is 254 g/mol. The Hall–Kier alpha value is -2.04. The van der Waals surface area contributed by atoms with Crippen LogP contribution in [0.3, 0.4) is 0 Å². The van der Waals surface area contributed by atoms with Crippen molar-refractivity contribution in [2.24, 2.45) is 16.8 Å². The summed E-state index contributed by atoms with van der Waals surface area (Å²) >= 11 is 0. The van der Waals surface area contributed by atoms with Gasteiger partial charge in [0, 0.05) is 18.0 Å². The van der Waals surface area contributed by atoms with Crippen molar-refractivity contribution in [1.82, 2.24) is 5.32 Å². The Kier molecular flexibility index (Phi) is 6.56. The molecule has 1 aromatic rings. The van der Waals surface area contributed by atoms with Gasteiger partial charge in [0.05, 0.1) is 0 Å². The maximum absolute atomic E-state index is 11.5. The molecule has 3 N–H and O–H groups in total. The third-order valence-corrected chi connectivity index (χ3v) is 2.87. The summed E-state index contributed by atoms with van der Waals surface area (Å²) in [5, 5.41) is 6.40. The lowest BCUT2D eigenvalue weighted by Crippen LogP contribution is -2.34. The minimum atomic E-state index is -0.558. The first kappa shape index (κ1) is 16.0. The Morgan fingerprint density at radius 2 is 2.05 bits per heavy atom. The number of nitrogens with zero attached hydrogens (tertiary/aromatic N) is 3. The molecule has 0 bridgehead atoms. The fourth-order valence-electron chi connectivity index (χ4n) is 2.00.